The lowest BCUT2D eigenvalue weighted by atomic mass is 10.3. The summed E-state index contributed by atoms with van der Waals surface area (Å²) in [6.07, 6.45) is 1.51. The zero-order chi connectivity index (χ0) is 8.97. The molecule has 0 aliphatic heterocycles. The van der Waals surface area contributed by atoms with Crippen molar-refractivity contribution in [1.82, 2.24) is 0 Å². The zero-order valence-corrected chi connectivity index (χ0v) is 7.49. The molecule has 0 spiro atoms. The molecule has 58 valence electrons. The molecule has 0 aromatic carbocycles. The minimum Gasteiger partial charge on any atom is -0.192 e. The van der Waals surface area contributed by atoms with E-state index in [9.17, 15) is 0 Å². The standard InChI is InChI=1S/C8H3ClN2S/c9-8-2-1-7(12-8)3-6(4-10)5-11/h1-3H. The molecule has 0 saturated heterocycles. The molecule has 4 heteroatoms. The molecular formula is C8H3ClN2S. The van der Waals surface area contributed by atoms with E-state index in [0.29, 0.717) is 4.34 Å². The molecule has 2 nitrogen and oxygen atoms in total. The summed E-state index contributed by atoms with van der Waals surface area (Å²) in [5.41, 5.74) is 0.0912. The smallest absolute Gasteiger partial charge is 0.131 e. The van der Waals surface area contributed by atoms with Gasteiger partial charge in [-0.3, -0.25) is 0 Å². The number of halogens is 1. The van der Waals surface area contributed by atoms with Gasteiger partial charge in [0.05, 0.1) is 4.34 Å². The minimum atomic E-state index is 0.0912. The topological polar surface area (TPSA) is 47.6 Å². The maximum Gasteiger partial charge on any atom is 0.131 e. The normalized spacial score (nSPS) is 8.25. The van der Waals surface area contributed by atoms with Gasteiger partial charge in [-0.15, -0.1) is 11.3 Å². The molecule has 0 atom stereocenters. The quantitative estimate of drug-likeness (QED) is 0.646. The summed E-state index contributed by atoms with van der Waals surface area (Å²) in [7, 11) is 0. The predicted molar refractivity (Wildman–Crippen MR) is 48.5 cm³/mol. The highest BCUT2D eigenvalue weighted by atomic mass is 35.5. The molecule has 0 unspecified atom stereocenters. The molecule has 1 rings (SSSR count). The average molecular weight is 195 g/mol. The van der Waals surface area contributed by atoms with E-state index in [2.05, 4.69) is 0 Å². The van der Waals surface area contributed by atoms with Gasteiger partial charge in [-0.05, 0) is 18.2 Å². The highest BCUT2D eigenvalue weighted by Crippen LogP contribution is 2.23. The van der Waals surface area contributed by atoms with Crippen LogP contribution < -0.4 is 0 Å². The van der Waals surface area contributed by atoms with Gasteiger partial charge in [0.2, 0.25) is 0 Å². The van der Waals surface area contributed by atoms with Crippen molar-refractivity contribution in [3.8, 4) is 12.1 Å². The number of thiophene rings is 1. The third-order valence-electron chi connectivity index (χ3n) is 1.12. The van der Waals surface area contributed by atoms with E-state index in [4.69, 9.17) is 22.1 Å². The van der Waals surface area contributed by atoms with Gasteiger partial charge in [-0.2, -0.15) is 10.5 Å². The number of allylic oxidation sites excluding steroid dienone is 1. The largest absolute Gasteiger partial charge is 0.192 e. The predicted octanol–water partition coefficient (Wildman–Crippen LogP) is 2.83. The molecule has 12 heavy (non-hydrogen) atoms. The SMILES string of the molecule is N#CC(C#N)=Cc1ccc(Cl)s1. The molecule has 0 saturated carbocycles. The lowest BCUT2D eigenvalue weighted by Crippen LogP contribution is -1.68. The summed E-state index contributed by atoms with van der Waals surface area (Å²) in [6.45, 7) is 0. The van der Waals surface area contributed by atoms with E-state index < -0.39 is 0 Å². The second-order valence-electron chi connectivity index (χ2n) is 1.92. The monoisotopic (exact) mass is 194 g/mol. The average Bonchev–Trinajstić information content (AvgIpc) is 2.47. The van der Waals surface area contributed by atoms with Crippen LogP contribution in [0.25, 0.3) is 6.08 Å². The summed E-state index contributed by atoms with van der Waals surface area (Å²) in [5, 5.41) is 16.8. The Morgan fingerprint density at radius 3 is 2.50 bits per heavy atom. The van der Waals surface area contributed by atoms with Crippen LogP contribution in [-0.2, 0) is 0 Å². The first-order valence-corrected chi connectivity index (χ1v) is 4.23. The molecule has 0 radical (unpaired) electrons. The van der Waals surface area contributed by atoms with Gasteiger partial charge < -0.3 is 0 Å². The fraction of sp³-hybridized carbons (Fsp3) is 0. The van der Waals surface area contributed by atoms with E-state index in [-0.39, 0.29) is 5.57 Å². The van der Waals surface area contributed by atoms with Crippen LogP contribution in [0.4, 0.5) is 0 Å². The van der Waals surface area contributed by atoms with Crippen molar-refractivity contribution in [2.75, 3.05) is 0 Å². The van der Waals surface area contributed by atoms with Gasteiger partial charge in [0.15, 0.2) is 0 Å². The van der Waals surface area contributed by atoms with Crippen molar-refractivity contribution in [3.05, 3.63) is 26.9 Å². The van der Waals surface area contributed by atoms with Crippen LogP contribution in [0.15, 0.2) is 17.7 Å². The van der Waals surface area contributed by atoms with Crippen LogP contribution in [0.5, 0.6) is 0 Å². The highest BCUT2D eigenvalue weighted by Gasteiger charge is 1.96. The maximum absolute atomic E-state index is 8.42. The molecule has 0 amide bonds. The van der Waals surface area contributed by atoms with E-state index in [1.807, 2.05) is 0 Å². The highest BCUT2D eigenvalue weighted by molar-refractivity contribution is 7.17. The Balaban J connectivity index is 2.97. The van der Waals surface area contributed by atoms with Crippen molar-refractivity contribution in [2.45, 2.75) is 0 Å². The molecule has 1 heterocycles. The summed E-state index contributed by atoms with van der Waals surface area (Å²) in [6, 6.07) is 7.04. The van der Waals surface area contributed by atoms with E-state index in [0.717, 1.165) is 4.88 Å². The Morgan fingerprint density at radius 2 is 2.08 bits per heavy atom. The lowest BCUT2D eigenvalue weighted by Gasteiger charge is -1.80. The van der Waals surface area contributed by atoms with Crippen molar-refractivity contribution in [3.63, 3.8) is 0 Å². The van der Waals surface area contributed by atoms with E-state index in [1.54, 1.807) is 24.3 Å². The zero-order valence-electron chi connectivity index (χ0n) is 5.91. The molecular weight excluding hydrogens is 192 g/mol. The van der Waals surface area contributed by atoms with Crippen LogP contribution in [-0.4, -0.2) is 0 Å². The van der Waals surface area contributed by atoms with Gasteiger partial charge in [0.25, 0.3) is 0 Å². The maximum atomic E-state index is 8.42. The fourth-order valence-electron chi connectivity index (χ4n) is 0.638. The van der Waals surface area contributed by atoms with Crippen LogP contribution in [0.1, 0.15) is 4.88 Å². The summed E-state index contributed by atoms with van der Waals surface area (Å²) in [4.78, 5) is 0.818. The third-order valence-corrected chi connectivity index (χ3v) is 2.30. The van der Waals surface area contributed by atoms with Gasteiger partial charge in [0.1, 0.15) is 17.7 Å². The van der Waals surface area contributed by atoms with Gasteiger partial charge in [-0.25, -0.2) is 0 Å². The fourth-order valence-corrected chi connectivity index (χ4v) is 1.64. The number of nitrogens with zero attached hydrogens (tertiary/aromatic N) is 2. The first-order chi connectivity index (χ1) is 5.76. The second-order valence-corrected chi connectivity index (χ2v) is 3.67. The first-order valence-electron chi connectivity index (χ1n) is 3.03. The van der Waals surface area contributed by atoms with E-state index >= 15 is 0 Å². The van der Waals surface area contributed by atoms with Crippen LogP contribution in [0.2, 0.25) is 4.34 Å². The van der Waals surface area contributed by atoms with Crippen LogP contribution >= 0.6 is 22.9 Å². The van der Waals surface area contributed by atoms with Crippen LogP contribution in [0.3, 0.4) is 0 Å². The summed E-state index contributed by atoms with van der Waals surface area (Å²) >= 11 is 6.99. The Kier molecular flexibility index (Phi) is 2.88. The summed E-state index contributed by atoms with van der Waals surface area (Å²) < 4.78 is 0.650. The van der Waals surface area contributed by atoms with Crippen molar-refractivity contribution < 1.29 is 0 Å². The third kappa shape index (κ3) is 2.10. The van der Waals surface area contributed by atoms with Crippen molar-refractivity contribution in [2.24, 2.45) is 0 Å². The Hall–Kier alpha value is -1.29. The van der Waals surface area contributed by atoms with Crippen molar-refractivity contribution in [1.29, 1.82) is 10.5 Å². The first kappa shape index (κ1) is 8.80. The van der Waals surface area contributed by atoms with Gasteiger partial charge >= 0.3 is 0 Å². The second kappa shape index (κ2) is 3.92. The Labute approximate surface area is 78.9 Å². The minimum absolute atomic E-state index is 0.0912. The number of rotatable bonds is 1. The molecule has 1 aromatic heterocycles. The van der Waals surface area contributed by atoms with Crippen LogP contribution in [0, 0.1) is 22.7 Å². The Bertz CT molecular complexity index is 376. The molecule has 0 bridgehead atoms. The molecule has 0 N–H and O–H groups in total. The molecule has 1 aromatic rings. The number of hydrogen-bond acceptors (Lipinski definition) is 3. The lowest BCUT2D eigenvalue weighted by molar-refractivity contribution is 1.47. The summed E-state index contributed by atoms with van der Waals surface area (Å²) in [5.74, 6) is 0. The molecule has 0 aliphatic carbocycles. The number of hydrogen-bond donors (Lipinski definition) is 0. The van der Waals surface area contributed by atoms with Crippen molar-refractivity contribution >= 4 is 29.0 Å². The molecule has 0 aliphatic rings. The van der Waals surface area contributed by atoms with Gasteiger partial charge in [-0.1, -0.05) is 11.6 Å². The Morgan fingerprint density at radius 1 is 1.42 bits per heavy atom. The van der Waals surface area contributed by atoms with E-state index in [1.165, 1.54) is 17.4 Å². The van der Waals surface area contributed by atoms with Gasteiger partial charge in [0, 0.05) is 4.88 Å². The molecule has 0 fully saturated rings. The number of nitriles is 2.